The van der Waals surface area contributed by atoms with Crippen LogP contribution in [0.3, 0.4) is 0 Å². The number of imidazole rings is 1. The van der Waals surface area contributed by atoms with E-state index in [1.165, 1.54) is 0 Å². The van der Waals surface area contributed by atoms with E-state index < -0.39 is 5.97 Å². The zero-order valence-corrected chi connectivity index (χ0v) is 11.3. The van der Waals surface area contributed by atoms with Crippen LogP contribution in [0.2, 0.25) is 0 Å². The fourth-order valence-corrected chi connectivity index (χ4v) is 2.42. The average Bonchev–Trinajstić information content (AvgIpc) is 3.18. The predicted octanol–water partition coefficient (Wildman–Crippen LogP) is 1.65. The SMILES string of the molecule is COCCN(c1nc2ccccn2c1C(=O)O)C1CC1. The summed E-state index contributed by atoms with van der Waals surface area (Å²) < 4.78 is 6.75. The molecule has 0 radical (unpaired) electrons. The van der Waals surface area contributed by atoms with Crippen LogP contribution in [0, 0.1) is 0 Å². The van der Waals surface area contributed by atoms with Crippen molar-refractivity contribution in [2.75, 3.05) is 25.2 Å². The molecule has 1 aliphatic rings. The zero-order chi connectivity index (χ0) is 14.1. The number of nitrogens with zero attached hydrogens (tertiary/aromatic N) is 3. The van der Waals surface area contributed by atoms with E-state index >= 15 is 0 Å². The van der Waals surface area contributed by atoms with Crippen LogP contribution in [0.5, 0.6) is 0 Å². The number of hydrogen-bond donors (Lipinski definition) is 1. The Morgan fingerprint density at radius 2 is 2.35 bits per heavy atom. The van der Waals surface area contributed by atoms with E-state index in [1.54, 1.807) is 17.7 Å². The van der Waals surface area contributed by atoms with E-state index in [4.69, 9.17) is 4.74 Å². The number of methoxy groups -OCH3 is 1. The Labute approximate surface area is 116 Å². The Balaban J connectivity index is 2.08. The van der Waals surface area contributed by atoms with Gasteiger partial charge in [-0.1, -0.05) is 6.07 Å². The maximum absolute atomic E-state index is 11.6. The lowest BCUT2D eigenvalue weighted by Gasteiger charge is -2.22. The summed E-state index contributed by atoms with van der Waals surface area (Å²) in [6, 6.07) is 5.86. The number of anilines is 1. The topological polar surface area (TPSA) is 67.1 Å². The molecule has 0 atom stereocenters. The molecule has 0 amide bonds. The number of carbonyl (C=O) groups is 1. The van der Waals surface area contributed by atoms with E-state index in [2.05, 4.69) is 9.88 Å². The molecule has 0 bridgehead atoms. The first-order valence-corrected chi connectivity index (χ1v) is 6.68. The number of hydrogen-bond acceptors (Lipinski definition) is 4. The van der Waals surface area contributed by atoms with E-state index in [9.17, 15) is 9.90 Å². The second-order valence-corrected chi connectivity index (χ2v) is 4.94. The summed E-state index contributed by atoms with van der Waals surface area (Å²) in [7, 11) is 1.65. The molecule has 1 aliphatic carbocycles. The van der Waals surface area contributed by atoms with Gasteiger partial charge in [-0.05, 0) is 25.0 Å². The first kappa shape index (κ1) is 12.9. The number of pyridine rings is 1. The van der Waals surface area contributed by atoms with Gasteiger partial charge in [0.1, 0.15) is 5.65 Å². The largest absolute Gasteiger partial charge is 0.476 e. The fourth-order valence-electron chi connectivity index (χ4n) is 2.42. The number of rotatable bonds is 6. The predicted molar refractivity (Wildman–Crippen MR) is 74.4 cm³/mol. The van der Waals surface area contributed by atoms with Crippen molar-refractivity contribution in [2.24, 2.45) is 0 Å². The van der Waals surface area contributed by atoms with Crippen molar-refractivity contribution in [3.05, 3.63) is 30.1 Å². The third-order valence-corrected chi connectivity index (χ3v) is 3.51. The van der Waals surface area contributed by atoms with Gasteiger partial charge in [0.25, 0.3) is 0 Å². The summed E-state index contributed by atoms with van der Waals surface area (Å²) in [6.07, 6.45) is 3.89. The molecule has 1 N–H and O–H groups in total. The first-order chi connectivity index (χ1) is 9.72. The minimum Gasteiger partial charge on any atom is -0.476 e. The highest BCUT2D eigenvalue weighted by Crippen LogP contribution is 2.33. The normalized spacial score (nSPS) is 14.7. The summed E-state index contributed by atoms with van der Waals surface area (Å²) in [5.41, 5.74) is 0.881. The van der Waals surface area contributed by atoms with Crippen LogP contribution < -0.4 is 4.90 Å². The molecule has 20 heavy (non-hydrogen) atoms. The quantitative estimate of drug-likeness (QED) is 0.868. The molecule has 1 fully saturated rings. The van der Waals surface area contributed by atoms with Crippen molar-refractivity contribution in [1.82, 2.24) is 9.38 Å². The van der Waals surface area contributed by atoms with Gasteiger partial charge in [0.2, 0.25) is 0 Å². The van der Waals surface area contributed by atoms with Crippen molar-refractivity contribution in [3.8, 4) is 0 Å². The molecule has 3 rings (SSSR count). The lowest BCUT2D eigenvalue weighted by molar-refractivity contribution is 0.0690. The third kappa shape index (κ3) is 2.22. The van der Waals surface area contributed by atoms with Crippen LogP contribution in [-0.4, -0.2) is 46.8 Å². The lowest BCUT2D eigenvalue weighted by atomic mass is 10.3. The molecule has 1 saturated carbocycles. The number of ether oxygens (including phenoxy) is 1. The minimum absolute atomic E-state index is 0.226. The maximum Gasteiger partial charge on any atom is 0.356 e. The maximum atomic E-state index is 11.6. The van der Waals surface area contributed by atoms with Gasteiger partial charge >= 0.3 is 5.97 Å². The van der Waals surface area contributed by atoms with Crippen LogP contribution >= 0.6 is 0 Å². The highest BCUT2D eigenvalue weighted by atomic mass is 16.5. The summed E-state index contributed by atoms with van der Waals surface area (Å²) in [4.78, 5) is 18.2. The Kier molecular flexibility index (Phi) is 3.31. The second-order valence-electron chi connectivity index (χ2n) is 4.94. The number of aromatic carboxylic acids is 1. The molecule has 2 aromatic rings. The molecular formula is C14H17N3O3. The monoisotopic (exact) mass is 275 g/mol. The molecule has 0 aromatic carbocycles. The first-order valence-electron chi connectivity index (χ1n) is 6.68. The zero-order valence-electron chi connectivity index (χ0n) is 11.3. The molecule has 0 aliphatic heterocycles. The Morgan fingerprint density at radius 1 is 1.55 bits per heavy atom. The molecule has 0 spiro atoms. The van der Waals surface area contributed by atoms with Gasteiger partial charge < -0.3 is 14.7 Å². The van der Waals surface area contributed by atoms with Gasteiger partial charge in [-0.15, -0.1) is 0 Å². The van der Waals surface area contributed by atoms with Gasteiger partial charge in [-0.25, -0.2) is 9.78 Å². The van der Waals surface area contributed by atoms with Crippen LogP contribution in [-0.2, 0) is 4.74 Å². The highest BCUT2D eigenvalue weighted by Gasteiger charge is 2.34. The van der Waals surface area contributed by atoms with Gasteiger partial charge in [0.05, 0.1) is 6.61 Å². The van der Waals surface area contributed by atoms with Gasteiger partial charge in [-0.2, -0.15) is 0 Å². The molecule has 2 aromatic heterocycles. The molecular weight excluding hydrogens is 258 g/mol. The van der Waals surface area contributed by atoms with Crippen LogP contribution in [0.15, 0.2) is 24.4 Å². The Bertz CT molecular complexity index is 634. The number of fused-ring (bicyclic) bond motifs is 1. The summed E-state index contributed by atoms with van der Waals surface area (Å²) in [5, 5.41) is 9.51. The summed E-state index contributed by atoms with van der Waals surface area (Å²) >= 11 is 0. The van der Waals surface area contributed by atoms with Crippen molar-refractivity contribution in [2.45, 2.75) is 18.9 Å². The third-order valence-electron chi connectivity index (χ3n) is 3.51. The van der Waals surface area contributed by atoms with Gasteiger partial charge in [-0.3, -0.25) is 4.40 Å². The molecule has 0 saturated heterocycles. The van der Waals surface area contributed by atoms with Crippen LogP contribution in [0.4, 0.5) is 5.82 Å². The fraction of sp³-hybridized carbons (Fsp3) is 0.429. The highest BCUT2D eigenvalue weighted by molar-refractivity contribution is 5.93. The van der Waals surface area contributed by atoms with Gasteiger partial charge in [0.15, 0.2) is 11.5 Å². The van der Waals surface area contributed by atoms with Crippen molar-refractivity contribution >= 4 is 17.4 Å². The average molecular weight is 275 g/mol. The van der Waals surface area contributed by atoms with E-state index in [0.717, 1.165) is 12.8 Å². The number of carboxylic acids is 1. The smallest absolute Gasteiger partial charge is 0.356 e. The van der Waals surface area contributed by atoms with Crippen LogP contribution in [0.1, 0.15) is 23.3 Å². The minimum atomic E-state index is -0.957. The molecule has 0 unspecified atom stereocenters. The summed E-state index contributed by atoms with van der Waals surface area (Å²) in [5.74, 6) is -0.412. The molecule has 6 nitrogen and oxygen atoms in total. The standard InChI is InChI=1S/C14H17N3O3/c1-20-9-8-16(10-5-6-10)13-12(14(18)19)17-7-3-2-4-11(17)15-13/h2-4,7,10H,5-6,8-9H2,1H3,(H,18,19). The van der Waals surface area contributed by atoms with E-state index in [1.807, 2.05) is 18.2 Å². The van der Waals surface area contributed by atoms with Gasteiger partial charge in [0, 0.05) is 25.9 Å². The number of aromatic nitrogens is 2. The lowest BCUT2D eigenvalue weighted by Crippen LogP contribution is -2.31. The van der Waals surface area contributed by atoms with E-state index in [0.29, 0.717) is 30.7 Å². The molecule has 2 heterocycles. The molecule has 6 heteroatoms. The molecule has 106 valence electrons. The van der Waals surface area contributed by atoms with Crippen molar-refractivity contribution < 1.29 is 14.6 Å². The van der Waals surface area contributed by atoms with Crippen molar-refractivity contribution in [1.29, 1.82) is 0 Å². The second kappa shape index (κ2) is 5.13. The van der Waals surface area contributed by atoms with Crippen molar-refractivity contribution in [3.63, 3.8) is 0 Å². The number of carboxylic acid groups (broad SMARTS) is 1. The van der Waals surface area contributed by atoms with Crippen LogP contribution in [0.25, 0.3) is 5.65 Å². The Hall–Kier alpha value is -2.08. The Morgan fingerprint density at radius 3 is 3.00 bits per heavy atom. The van der Waals surface area contributed by atoms with E-state index in [-0.39, 0.29) is 5.69 Å². The summed E-state index contributed by atoms with van der Waals surface area (Å²) in [6.45, 7) is 1.22.